The van der Waals surface area contributed by atoms with Crippen molar-refractivity contribution in [3.8, 4) is 0 Å². The monoisotopic (exact) mass is 348 g/mol. The Balaban J connectivity index is 2.05. The Morgan fingerprint density at radius 2 is 1.83 bits per heavy atom. The van der Waals surface area contributed by atoms with Crippen LogP contribution >= 0.6 is 0 Å². The number of alkyl halides is 3. The maximum atomic E-state index is 12.4. The molecule has 0 saturated heterocycles. The van der Waals surface area contributed by atoms with E-state index in [0.29, 0.717) is 5.82 Å². The maximum Gasteiger partial charge on any atom is 0.416 e. The van der Waals surface area contributed by atoms with Gasteiger partial charge in [0.1, 0.15) is 5.82 Å². The first-order valence-corrected chi connectivity index (χ1v) is 7.59. The molecular weight excluding hydrogens is 337 g/mol. The molecule has 0 radical (unpaired) electrons. The van der Waals surface area contributed by atoms with Gasteiger partial charge in [0.05, 0.1) is 11.8 Å². The van der Waals surface area contributed by atoms with Gasteiger partial charge in [0.2, 0.25) is 0 Å². The van der Waals surface area contributed by atoms with Crippen molar-refractivity contribution in [2.24, 2.45) is 0 Å². The van der Waals surface area contributed by atoms with Crippen LogP contribution in [0.4, 0.5) is 13.2 Å². The molecule has 0 bridgehead atoms. The van der Waals surface area contributed by atoms with Crippen molar-refractivity contribution in [1.29, 1.82) is 0 Å². The normalized spacial score (nSPS) is 12.2. The first-order valence-electron chi connectivity index (χ1n) is 6.10. The number of aromatic nitrogens is 2. The number of amides is 1. The van der Waals surface area contributed by atoms with Crippen molar-refractivity contribution >= 4 is 15.9 Å². The van der Waals surface area contributed by atoms with Crippen LogP contribution in [-0.4, -0.2) is 24.3 Å². The number of benzene rings is 1. The summed E-state index contributed by atoms with van der Waals surface area (Å²) in [6.45, 7) is 1.54. The SMILES string of the molecule is Cc1ncc(S(=O)(=O)NNC(=O)c2ccc(C(F)(F)F)cc2)[nH]1. The summed E-state index contributed by atoms with van der Waals surface area (Å²) >= 11 is 0. The van der Waals surface area contributed by atoms with E-state index in [2.05, 4.69) is 9.97 Å². The summed E-state index contributed by atoms with van der Waals surface area (Å²) in [6.07, 6.45) is -3.46. The molecule has 0 spiro atoms. The average molecular weight is 348 g/mol. The lowest BCUT2D eigenvalue weighted by Crippen LogP contribution is -2.41. The molecule has 1 amide bonds. The molecule has 7 nitrogen and oxygen atoms in total. The van der Waals surface area contributed by atoms with Gasteiger partial charge < -0.3 is 4.98 Å². The smallest absolute Gasteiger partial charge is 0.332 e. The summed E-state index contributed by atoms with van der Waals surface area (Å²) in [5.74, 6) is -0.544. The molecular formula is C12H11F3N4O3S. The van der Waals surface area contributed by atoms with Crippen LogP contribution in [0.25, 0.3) is 0 Å². The molecule has 2 aromatic rings. The predicted octanol–water partition coefficient (Wildman–Crippen LogP) is 1.36. The Hall–Kier alpha value is -2.40. The maximum absolute atomic E-state index is 12.4. The molecule has 1 aromatic carbocycles. The van der Waals surface area contributed by atoms with E-state index in [1.165, 1.54) is 0 Å². The number of hydrogen-bond acceptors (Lipinski definition) is 4. The van der Waals surface area contributed by atoms with E-state index in [1.54, 1.807) is 6.92 Å². The first kappa shape index (κ1) is 17.0. The summed E-state index contributed by atoms with van der Waals surface area (Å²) in [7, 11) is -4.05. The molecule has 3 N–H and O–H groups in total. The summed E-state index contributed by atoms with van der Waals surface area (Å²) in [6, 6.07) is 3.32. The van der Waals surface area contributed by atoms with E-state index in [0.717, 1.165) is 30.5 Å². The summed E-state index contributed by atoms with van der Waals surface area (Å²) in [5, 5.41) is -0.261. The van der Waals surface area contributed by atoms with Gasteiger partial charge in [0, 0.05) is 5.56 Å². The fourth-order valence-corrected chi connectivity index (χ4v) is 2.40. The Kier molecular flexibility index (Phi) is 4.43. The lowest BCUT2D eigenvalue weighted by molar-refractivity contribution is -0.137. The van der Waals surface area contributed by atoms with Gasteiger partial charge in [0.25, 0.3) is 15.9 Å². The number of rotatable bonds is 4. The van der Waals surface area contributed by atoms with E-state index in [4.69, 9.17) is 0 Å². The highest BCUT2D eigenvalue weighted by molar-refractivity contribution is 7.89. The van der Waals surface area contributed by atoms with Crippen molar-refractivity contribution in [2.45, 2.75) is 18.1 Å². The van der Waals surface area contributed by atoms with Crippen molar-refractivity contribution in [2.75, 3.05) is 0 Å². The Labute approximate surface area is 129 Å². The second-order valence-corrected chi connectivity index (χ2v) is 6.12. The number of aryl methyl sites for hydroxylation is 1. The zero-order valence-corrected chi connectivity index (χ0v) is 12.4. The van der Waals surface area contributed by atoms with E-state index in [9.17, 15) is 26.4 Å². The molecule has 0 aliphatic carbocycles. The fraction of sp³-hybridized carbons (Fsp3) is 0.167. The topological polar surface area (TPSA) is 104 Å². The van der Waals surface area contributed by atoms with Crippen LogP contribution in [0.5, 0.6) is 0 Å². The number of hydrogen-bond donors (Lipinski definition) is 3. The zero-order chi connectivity index (χ0) is 17.3. The highest BCUT2D eigenvalue weighted by Crippen LogP contribution is 2.29. The number of sulfonamides is 1. The third-order valence-electron chi connectivity index (χ3n) is 2.74. The molecule has 1 heterocycles. The molecule has 0 saturated carbocycles. The quantitative estimate of drug-likeness (QED) is 0.726. The number of hydrazine groups is 1. The molecule has 0 unspecified atom stereocenters. The minimum absolute atomic E-state index is 0.138. The number of nitrogens with zero attached hydrogens (tertiary/aromatic N) is 1. The minimum atomic E-state index is -4.52. The number of halogens is 3. The van der Waals surface area contributed by atoms with Crippen molar-refractivity contribution < 1.29 is 26.4 Å². The summed E-state index contributed by atoms with van der Waals surface area (Å²) in [5.41, 5.74) is 0.847. The standard InChI is InChI=1S/C12H11F3N4O3S/c1-7-16-6-10(17-7)23(21,22)19-18-11(20)8-2-4-9(5-3-8)12(13,14)15/h2-6,19H,1H3,(H,16,17)(H,18,20). The third kappa shape index (κ3) is 4.07. The molecule has 0 aliphatic rings. The molecule has 2 rings (SSSR count). The molecule has 124 valence electrons. The van der Waals surface area contributed by atoms with E-state index >= 15 is 0 Å². The zero-order valence-electron chi connectivity index (χ0n) is 11.6. The van der Waals surface area contributed by atoms with Crippen molar-refractivity contribution in [3.05, 3.63) is 47.4 Å². The fourth-order valence-electron chi connectivity index (χ4n) is 1.59. The number of carbonyl (C=O) groups is 1. The van der Waals surface area contributed by atoms with Crippen LogP contribution in [0.15, 0.2) is 35.5 Å². The van der Waals surface area contributed by atoms with Crippen molar-refractivity contribution in [3.63, 3.8) is 0 Å². The van der Waals surface area contributed by atoms with E-state index < -0.39 is 27.7 Å². The van der Waals surface area contributed by atoms with Crippen LogP contribution in [0.1, 0.15) is 21.7 Å². The van der Waals surface area contributed by atoms with Gasteiger partial charge in [-0.1, -0.05) is 0 Å². The van der Waals surface area contributed by atoms with Crippen LogP contribution < -0.4 is 10.3 Å². The highest BCUT2D eigenvalue weighted by Gasteiger charge is 2.30. The van der Waals surface area contributed by atoms with Crippen LogP contribution in [0.3, 0.4) is 0 Å². The Morgan fingerprint density at radius 3 is 2.30 bits per heavy atom. The largest absolute Gasteiger partial charge is 0.416 e. The summed E-state index contributed by atoms with van der Waals surface area (Å²) in [4.78, 5) is 19.7. The van der Waals surface area contributed by atoms with Gasteiger partial charge in [-0.15, -0.1) is 4.83 Å². The number of carbonyl (C=O) groups excluding carboxylic acids is 1. The van der Waals surface area contributed by atoms with Crippen LogP contribution in [-0.2, 0) is 16.2 Å². The highest BCUT2D eigenvalue weighted by atomic mass is 32.2. The first-order chi connectivity index (χ1) is 10.6. The number of imidazole rings is 1. The van der Waals surface area contributed by atoms with Crippen molar-refractivity contribution in [1.82, 2.24) is 20.2 Å². The van der Waals surface area contributed by atoms with Crippen LogP contribution in [0.2, 0.25) is 0 Å². The summed E-state index contributed by atoms with van der Waals surface area (Å²) < 4.78 is 60.9. The molecule has 0 fully saturated rings. The van der Waals surface area contributed by atoms with Gasteiger partial charge in [-0.2, -0.15) is 13.2 Å². The molecule has 1 aromatic heterocycles. The van der Waals surface area contributed by atoms with E-state index in [1.807, 2.05) is 10.3 Å². The van der Waals surface area contributed by atoms with Gasteiger partial charge >= 0.3 is 6.18 Å². The Morgan fingerprint density at radius 1 is 1.22 bits per heavy atom. The van der Waals surface area contributed by atoms with Gasteiger partial charge in [-0.05, 0) is 31.2 Å². The molecule has 0 atom stereocenters. The number of nitrogens with one attached hydrogen (secondary N) is 3. The molecule has 11 heteroatoms. The number of H-pyrrole nitrogens is 1. The lowest BCUT2D eigenvalue weighted by atomic mass is 10.1. The molecule has 23 heavy (non-hydrogen) atoms. The Bertz CT molecular complexity index is 813. The lowest BCUT2D eigenvalue weighted by Gasteiger charge is -2.09. The predicted molar refractivity (Wildman–Crippen MR) is 72.6 cm³/mol. The van der Waals surface area contributed by atoms with Gasteiger partial charge in [-0.25, -0.2) is 13.4 Å². The number of aromatic amines is 1. The molecule has 0 aliphatic heterocycles. The second kappa shape index (κ2) is 6.01. The third-order valence-corrected chi connectivity index (χ3v) is 3.90. The van der Waals surface area contributed by atoms with Gasteiger partial charge in [-0.3, -0.25) is 10.2 Å². The van der Waals surface area contributed by atoms with E-state index in [-0.39, 0.29) is 10.6 Å². The second-order valence-electron chi connectivity index (χ2n) is 4.47. The minimum Gasteiger partial charge on any atom is -0.332 e. The average Bonchev–Trinajstić information content (AvgIpc) is 2.91. The van der Waals surface area contributed by atoms with Gasteiger partial charge in [0.15, 0.2) is 5.03 Å². The van der Waals surface area contributed by atoms with Crippen LogP contribution in [0, 0.1) is 6.92 Å².